The molecule has 3 rings (SSSR count). The first kappa shape index (κ1) is 17.2. The van der Waals surface area contributed by atoms with E-state index in [1.807, 2.05) is 6.20 Å². The van der Waals surface area contributed by atoms with Crippen molar-refractivity contribution in [2.75, 3.05) is 0 Å². The molecule has 1 fully saturated rings. The molecule has 0 radical (unpaired) electrons. The predicted octanol–water partition coefficient (Wildman–Crippen LogP) is 3.97. The number of nitrogens with zero attached hydrogens (tertiary/aromatic N) is 1. The first-order chi connectivity index (χ1) is 11.1. The van der Waals surface area contributed by atoms with Crippen LogP contribution >= 0.6 is 0 Å². The minimum absolute atomic E-state index is 0.320. The van der Waals surface area contributed by atoms with Gasteiger partial charge in [-0.2, -0.15) is 0 Å². The van der Waals surface area contributed by atoms with Crippen molar-refractivity contribution in [3.63, 3.8) is 0 Å². The number of rotatable bonds is 2. The molecule has 2 heterocycles. The van der Waals surface area contributed by atoms with Crippen LogP contribution in [0.4, 0.5) is 0 Å². The molecular formula is C20H26BNO2. The van der Waals surface area contributed by atoms with Crippen LogP contribution in [0.25, 0.3) is 11.3 Å². The molecule has 1 aromatic carbocycles. The minimum Gasteiger partial charge on any atom is -0.399 e. The summed E-state index contributed by atoms with van der Waals surface area (Å²) in [5.74, 6) is 0. The molecule has 3 nitrogen and oxygen atoms in total. The molecule has 0 aliphatic carbocycles. The molecule has 0 N–H and O–H groups in total. The smallest absolute Gasteiger partial charge is 0.399 e. The van der Waals surface area contributed by atoms with Crippen molar-refractivity contribution in [2.24, 2.45) is 0 Å². The predicted molar refractivity (Wildman–Crippen MR) is 99.6 cm³/mol. The molecule has 0 spiro atoms. The molecule has 1 aliphatic rings. The van der Waals surface area contributed by atoms with Crippen LogP contribution in [0.5, 0.6) is 0 Å². The van der Waals surface area contributed by atoms with Gasteiger partial charge in [-0.05, 0) is 76.7 Å². The lowest BCUT2D eigenvalue weighted by Gasteiger charge is -2.32. The molecule has 0 atom stereocenters. The molecule has 1 aromatic heterocycles. The molecule has 126 valence electrons. The van der Waals surface area contributed by atoms with Gasteiger partial charge in [0.25, 0.3) is 0 Å². The van der Waals surface area contributed by atoms with E-state index in [1.165, 1.54) is 16.7 Å². The van der Waals surface area contributed by atoms with Gasteiger partial charge in [0.2, 0.25) is 0 Å². The van der Waals surface area contributed by atoms with Gasteiger partial charge < -0.3 is 9.31 Å². The Hall–Kier alpha value is -1.65. The molecule has 1 saturated heterocycles. The Morgan fingerprint density at radius 3 is 2.00 bits per heavy atom. The summed E-state index contributed by atoms with van der Waals surface area (Å²) in [5.41, 5.74) is 6.23. The van der Waals surface area contributed by atoms with E-state index >= 15 is 0 Å². The van der Waals surface area contributed by atoms with E-state index in [-0.39, 0.29) is 18.3 Å². The first-order valence-electron chi connectivity index (χ1n) is 8.50. The van der Waals surface area contributed by atoms with Crippen LogP contribution in [0.15, 0.2) is 30.5 Å². The Labute approximate surface area is 145 Å². The van der Waals surface area contributed by atoms with E-state index in [4.69, 9.17) is 9.31 Å². The summed E-state index contributed by atoms with van der Waals surface area (Å²) in [4.78, 5) is 4.58. The summed E-state index contributed by atoms with van der Waals surface area (Å²) in [7, 11) is -0.324. The third kappa shape index (κ3) is 2.89. The lowest BCUT2D eigenvalue weighted by molar-refractivity contribution is 0.00578. The monoisotopic (exact) mass is 323 g/mol. The van der Waals surface area contributed by atoms with Crippen LogP contribution < -0.4 is 5.46 Å². The second-order valence-corrected chi connectivity index (χ2v) is 7.82. The van der Waals surface area contributed by atoms with E-state index < -0.39 is 0 Å². The molecule has 0 amide bonds. The molecule has 0 bridgehead atoms. The lowest BCUT2D eigenvalue weighted by atomic mass is 9.77. The molecule has 0 unspecified atom stereocenters. The number of pyridine rings is 1. The summed E-state index contributed by atoms with van der Waals surface area (Å²) in [5, 5.41) is 0. The SMILES string of the molecule is Cc1cnc(-c2ccc(B3OC(C)(C)C(C)(C)O3)cc2C)cc1C. The Morgan fingerprint density at radius 2 is 1.46 bits per heavy atom. The van der Waals surface area contributed by atoms with Gasteiger partial charge in [-0.3, -0.25) is 4.98 Å². The van der Waals surface area contributed by atoms with Gasteiger partial charge in [-0.1, -0.05) is 18.2 Å². The Kier molecular flexibility index (Phi) is 4.09. The highest BCUT2D eigenvalue weighted by Gasteiger charge is 2.51. The maximum atomic E-state index is 6.15. The topological polar surface area (TPSA) is 31.4 Å². The van der Waals surface area contributed by atoms with Crippen LogP contribution in [0, 0.1) is 20.8 Å². The highest BCUT2D eigenvalue weighted by molar-refractivity contribution is 6.62. The third-order valence-electron chi connectivity index (χ3n) is 5.42. The summed E-state index contributed by atoms with van der Waals surface area (Å²) in [6.45, 7) is 14.6. The molecule has 0 saturated carbocycles. The standard InChI is InChI=1S/C20H26BNO2/c1-13-11-18(22-12-15(13)3)17-9-8-16(10-14(17)2)21-23-19(4,5)20(6,7)24-21/h8-12H,1-7H3. The maximum absolute atomic E-state index is 6.15. The average Bonchev–Trinajstić information content (AvgIpc) is 2.70. The fourth-order valence-corrected chi connectivity index (χ4v) is 2.87. The van der Waals surface area contributed by atoms with Crippen LogP contribution in [0.1, 0.15) is 44.4 Å². The van der Waals surface area contributed by atoms with Crippen molar-refractivity contribution in [3.8, 4) is 11.3 Å². The van der Waals surface area contributed by atoms with Crippen LogP contribution in [-0.2, 0) is 9.31 Å². The highest BCUT2D eigenvalue weighted by Crippen LogP contribution is 2.36. The zero-order valence-corrected chi connectivity index (χ0v) is 15.7. The Morgan fingerprint density at radius 1 is 0.833 bits per heavy atom. The zero-order valence-electron chi connectivity index (χ0n) is 15.7. The van der Waals surface area contributed by atoms with Crippen molar-refractivity contribution in [2.45, 2.75) is 59.7 Å². The van der Waals surface area contributed by atoms with Gasteiger partial charge in [-0.15, -0.1) is 0 Å². The summed E-state index contributed by atoms with van der Waals surface area (Å²) in [6, 6.07) is 8.49. The van der Waals surface area contributed by atoms with Gasteiger partial charge in [0.05, 0.1) is 16.9 Å². The second-order valence-electron chi connectivity index (χ2n) is 7.82. The van der Waals surface area contributed by atoms with Crippen LogP contribution in [0.3, 0.4) is 0 Å². The minimum atomic E-state index is -0.324. The van der Waals surface area contributed by atoms with Gasteiger partial charge in [0, 0.05) is 11.8 Å². The summed E-state index contributed by atoms with van der Waals surface area (Å²) < 4.78 is 12.3. The van der Waals surface area contributed by atoms with Crippen LogP contribution in [0.2, 0.25) is 0 Å². The van der Waals surface area contributed by atoms with Crippen molar-refractivity contribution in [1.82, 2.24) is 4.98 Å². The number of hydrogen-bond donors (Lipinski definition) is 0. The van der Waals surface area contributed by atoms with Gasteiger partial charge >= 0.3 is 7.12 Å². The molecule has 1 aliphatic heterocycles. The van der Waals surface area contributed by atoms with Crippen LogP contribution in [-0.4, -0.2) is 23.3 Å². The molecule has 4 heteroatoms. The lowest BCUT2D eigenvalue weighted by Crippen LogP contribution is -2.41. The fourth-order valence-electron chi connectivity index (χ4n) is 2.87. The van der Waals surface area contributed by atoms with Crippen molar-refractivity contribution in [3.05, 3.63) is 47.2 Å². The van der Waals surface area contributed by atoms with E-state index in [9.17, 15) is 0 Å². The average molecular weight is 323 g/mol. The van der Waals surface area contributed by atoms with Gasteiger partial charge in [0.15, 0.2) is 0 Å². The van der Waals surface area contributed by atoms with Gasteiger partial charge in [0.1, 0.15) is 0 Å². The first-order valence-corrected chi connectivity index (χ1v) is 8.50. The number of hydrogen-bond acceptors (Lipinski definition) is 3. The molecule has 24 heavy (non-hydrogen) atoms. The van der Waals surface area contributed by atoms with E-state index in [0.717, 1.165) is 16.7 Å². The molecule has 2 aromatic rings. The summed E-state index contributed by atoms with van der Waals surface area (Å²) in [6.07, 6.45) is 1.94. The van der Waals surface area contributed by atoms with E-state index in [2.05, 4.69) is 77.7 Å². The largest absolute Gasteiger partial charge is 0.494 e. The van der Waals surface area contributed by atoms with E-state index in [1.54, 1.807) is 0 Å². The molecular weight excluding hydrogens is 297 g/mol. The normalized spacial score (nSPS) is 18.9. The van der Waals surface area contributed by atoms with E-state index in [0.29, 0.717) is 0 Å². The summed E-state index contributed by atoms with van der Waals surface area (Å²) >= 11 is 0. The highest BCUT2D eigenvalue weighted by atomic mass is 16.7. The quantitative estimate of drug-likeness (QED) is 0.784. The van der Waals surface area contributed by atoms with Crippen molar-refractivity contribution in [1.29, 1.82) is 0 Å². The zero-order chi connectivity index (χ0) is 17.7. The van der Waals surface area contributed by atoms with Crippen molar-refractivity contribution >= 4 is 12.6 Å². The Balaban J connectivity index is 1.92. The maximum Gasteiger partial charge on any atom is 0.494 e. The Bertz CT molecular complexity index is 767. The number of aryl methyl sites for hydroxylation is 3. The fraction of sp³-hybridized carbons (Fsp3) is 0.450. The second kappa shape index (κ2) is 5.71. The third-order valence-corrected chi connectivity index (χ3v) is 5.42. The number of aromatic nitrogens is 1. The van der Waals surface area contributed by atoms with Gasteiger partial charge in [-0.25, -0.2) is 0 Å². The number of benzene rings is 1. The van der Waals surface area contributed by atoms with Crippen molar-refractivity contribution < 1.29 is 9.31 Å².